The molecule has 0 radical (unpaired) electrons. The molecule has 0 bridgehead atoms. The second-order valence-corrected chi connectivity index (χ2v) is 4.89. The van der Waals surface area contributed by atoms with E-state index in [1.54, 1.807) is 0 Å². The van der Waals surface area contributed by atoms with Crippen LogP contribution in [-0.4, -0.2) is 45.9 Å². The zero-order chi connectivity index (χ0) is 15.6. The van der Waals surface area contributed by atoms with Gasteiger partial charge in [0.25, 0.3) is 0 Å². The van der Waals surface area contributed by atoms with E-state index in [0.717, 1.165) is 12.6 Å². The summed E-state index contributed by atoms with van der Waals surface area (Å²) in [7, 11) is 0. The smallest absolute Gasteiger partial charge is 0.351 e. The van der Waals surface area contributed by atoms with E-state index in [1.165, 1.54) is 6.07 Å². The molecular weight excluding hydrogens is 286 g/mol. The average molecular weight is 304 g/mol. The SMILES string of the molecule is CCCNC[C@H]1O[C@@H](n2ccc(N)nc2=O)C(F)(F)[C@@H]1O. The lowest BCUT2D eigenvalue weighted by molar-refractivity contribution is -0.140. The summed E-state index contributed by atoms with van der Waals surface area (Å²) < 4.78 is 34.0. The van der Waals surface area contributed by atoms with Crippen LogP contribution in [0.5, 0.6) is 0 Å². The molecule has 3 atom stereocenters. The molecule has 2 heterocycles. The van der Waals surface area contributed by atoms with Gasteiger partial charge in [0, 0.05) is 12.7 Å². The number of aliphatic hydroxyl groups excluding tert-OH is 1. The third kappa shape index (κ3) is 3.04. The third-order valence-electron chi connectivity index (χ3n) is 3.26. The van der Waals surface area contributed by atoms with Crippen LogP contribution in [0.25, 0.3) is 0 Å². The maximum absolute atomic E-state index is 14.1. The zero-order valence-corrected chi connectivity index (χ0v) is 11.5. The Morgan fingerprint density at radius 1 is 1.62 bits per heavy atom. The highest BCUT2D eigenvalue weighted by atomic mass is 19.3. The predicted molar refractivity (Wildman–Crippen MR) is 70.9 cm³/mol. The van der Waals surface area contributed by atoms with Crippen molar-refractivity contribution in [3.8, 4) is 0 Å². The van der Waals surface area contributed by atoms with Crippen molar-refractivity contribution in [3.05, 3.63) is 22.7 Å². The van der Waals surface area contributed by atoms with E-state index in [4.69, 9.17) is 10.5 Å². The molecule has 118 valence electrons. The molecule has 4 N–H and O–H groups in total. The van der Waals surface area contributed by atoms with Crippen LogP contribution in [0, 0.1) is 0 Å². The molecule has 0 aromatic carbocycles. The van der Waals surface area contributed by atoms with Crippen LogP contribution in [0.4, 0.5) is 14.6 Å². The molecule has 0 saturated carbocycles. The summed E-state index contributed by atoms with van der Waals surface area (Å²) in [6, 6.07) is 1.22. The Morgan fingerprint density at radius 2 is 2.33 bits per heavy atom. The maximum atomic E-state index is 14.1. The number of nitrogens with zero attached hydrogens (tertiary/aromatic N) is 2. The van der Waals surface area contributed by atoms with Gasteiger partial charge in [0.15, 0.2) is 0 Å². The zero-order valence-electron chi connectivity index (χ0n) is 11.5. The fourth-order valence-corrected chi connectivity index (χ4v) is 2.16. The molecule has 1 aromatic rings. The first-order valence-electron chi connectivity index (χ1n) is 6.64. The summed E-state index contributed by atoms with van der Waals surface area (Å²) in [5.41, 5.74) is 4.37. The lowest BCUT2D eigenvalue weighted by Crippen LogP contribution is -2.43. The molecular formula is C12H18F2N4O3. The number of aliphatic hydroxyl groups is 1. The van der Waals surface area contributed by atoms with Crippen molar-refractivity contribution in [3.63, 3.8) is 0 Å². The first-order chi connectivity index (χ1) is 9.87. The molecule has 1 aliphatic rings. The quantitative estimate of drug-likeness (QED) is 0.647. The van der Waals surface area contributed by atoms with E-state index in [1.807, 2.05) is 6.92 Å². The Kier molecular flexibility index (Phi) is 4.55. The van der Waals surface area contributed by atoms with Gasteiger partial charge >= 0.3 is 11.6 Å². The van der Waals surface area contributed by atoms with Gasteiger partial charge in [-0.3, -0.25) is 4.57 Å². The second kappa shape index (κ2) is 6.04. The molecule has 0 spiro atoms. The van der Waals surface area contributed by atoms with Crippen LogP contribution in [0.2, 0.25) is 0 Å². The van der Waals surface area contributed by atoms with Crippen molar-refractivity contribution in [2.75, 3.05) is 18.8 Å². The van der Waals surface area contributed by atoms with Crippen molar-refractivity contribution >= 4 is 5.82 Å². The summed E-state index contributed by atoms with van der Waals surface area (Å²) in [6.07, 6.45) is -3.11. The van der Waals surface area contributed by atoms with Crippen molar-refractivity contribution in [1.29, 1.82) is 0 Å². The van der Waals surface area contributed by atoms with Gasteiger partial charge in [0.2, 0.25) is 6.23 Å². The Bertz CT molecular complexity index is 552. The van der Waals surface area contributed by atoms with Crippen molar-refractivity contribution < 1.29 is 18.6 Å². The minimum absolute atomic E-state index is 0.0677. The number of alkyl halides is 2. The summed E-state index contributed by atoms with van der Waals surface area (Å²) in [5, 5.41) is 12.6. The number of hydrogen-bond acceptors (Lipinski definition) is 6. The average Bonchev–Trinajstić information content (AvgIpc) is 2.63. The number of nitrogens with one attached hydrogen (secondary N) is 1. The van der Waals surface area contributed by atoms with Gasteiger partial charge < -0.3 is 20.9 Å². The van der Waals surface area contributed by atoms with Gasteiger partial charge in [-0.2, -0.15) is 13.8 Å². The number of ether oxygens (including phenoxy) is 1. The van der Waals surface area contributed by atoms with Gasteiger partial charge in [-0.15, -0.1) is 0 Å². The first-order valence-corrected chi connectivity index (χ1v) is 6.64. The minimum Gasteiger partial charge on any atom is -0.384 e. The largest absolute Gasteiger partial charge is 0.384 e. The van der Waals surface area contributed by atoms with Crippen molar-refractivity contribution in [2.24, 2.45) is 0 Å². The highest BCUT2D eigenvalue weighted by Crippen LogP contribution is 2.41. The molecule has 2 rings (SSSR count). The number of halogens is 2. The molecule has 1 fully saturated rings. The second-order valence-electron chi connectivity index (χ2n) is 4.89. The topological polar surface area (TPSA) is 102 Å². The summed E-state index contributed by atoms with van der Waals surface area (Å²) in [5.74, 6) is -3.67. The number of anilines is 1. The Morgan fingerprint density at radius 3 is 2.95 bits per heavy atom. The molecule has 1 aromatic heterocycles. The predicted octanol–water partition coefficient (Wildman–Crippen LogP) is -0.281. The number of nitrogens with two attached hydrogens (primary N) is 1. The molecule has 1 saturated heterocycles. The van der Waals surface area contributed by atoms with E-state index in [0.29, 0.717) is 11.1 Å². The van der Waals surface area contributed by atoms with Gasteiger partial charge in [0.05, 0.1) is 0 Å². The normalized spacial score (nSPS) is 27.9. The van der Waals surface area contributed by atoms with E-state index < -0.39 is 30.0 Å². The van der Waals surface area contributed by atoms with Gasteiger partial charge in [-0.05, 0) is 19.0 Å². The fraction of sp³-hybridized carbons (Fsp3) is 0.667. The van der Waals surface area contributed by atoms with Gasteiger partial charge in [-0.25, -0.2) is 4.79 Å². The van der Waals surface area contributed by atoms with E-state index in [9.17, 15) is 18.7 Å². The molecule has 7 nitrogen and oxygen atoms in total. The summed E-state index contributed by atoms with van der Waals surface area (Å²) in [4.78, 5) is 15.0. The Hall–Kier alpha value is -1.58. The van der Waals surface area contributed by atoms with Crippen LogP contribution in [0.3, 0.4) is 0 Å². The number of nitrogen functional groups attached to an aromatic ring is 1. The molecule has 0 amide bonds. The fourth-order valence-electron chi connectivity index (χ4n) is 2.16. The summed E-state index contributed by atoms with van der Waals surface area (Å²) >= 11 is 0. The molecule has 1 aliphatic heterocycles. The lowest BCUT2D eigenvalue weighted by Gasteiger charge is -2.20. The monoisotopic (exact) mass is 304 g/mol. The summed E-state index contributed by atoms with van der Waals surface area (Å²) in [6.45, 7) is 2.61. The minimum atomic E-state index is -3.60. The van der Waals surface area contributed by atoms with Gasteiger partial charge in [-0.1, -0.05) is 6.92 Å². The first kappa shape index (κ1) is 15.8. The molecule has 0 unspecified atom stereocenters. The van der Waals surface area contributed by atoms with E-state index >= 15 is 0 Å². The Balaban J connectivity index is 2.21. The number of aromatic nitrogens is 2. The lowest BCUT2D eigenvalue weighted by atomic mass is 10.1. The van der Waals surface area contributed by atoms with E-state index in [-0.39, 0.29) is 12.4 Å². The van der Waals surface area contributed by atoms with Crippen molar-refractivity contribution in [1.82, 2.24) is 14.9 Å². The third-order valence-corrected chi connectivity index (χ3v) is 3.26. The standard InChI is InChI=1S/C12H18F2N4O3/c1-2-4-16-6-7-9(19)12(13,14)10(21-7)18-5-3-8(15)17-11(18)20/h3,5,7,9-10,16,19H,2,4,6H2,1H3,(H2,15,17,20)/t7-,9-,10-/m1/s1. The maximum Gasteiger partial charge on any atom is 0.351 e. The molecule has 21 heavy (non-hydrogen) atoms. The van der Waals surface area contributed by atoms with E-state index in [2.05, 4.69) is 10.3 Å². The number of rotatable bonds is 5. The van der Waals surface area contributed by atoms with Crippen LogP contribution in [-0.2, 0) is 4.74 Å². The van der Waals surface area contributed by atoms with Crippen LogP contribution in [0.15, 0.2) is 17.1 Å². The molecule has 9 heteroatoms. The Labute approximate surface area is 119 Å². The number of hydrogen-bond donors (Lipinski definition) is 3. The van der Waals surface area contributed by atoms with Crippen LogP contribution in [0.1, 0.15) is 19.6 Å². The van der Waals surface area contributed by atoms with Crippen LogP contribution >= 0.6 is 0 Å². The van der Waals surface area contributed by atoms with Crippen LogP contribution < -0.4 is 16.7 Å². The highest BCUT2D eigenvalue weighted by molar-refractivity contribution is 5.23. The molecule has 0 aliphatic carbocycles. The van der Waals surface area contributed by atoms with Gasteiger partial charge in [0.1, 0.15) is 18.0 Å². The highest BCUT2D eigenvalue weighted by Gasteiger charge is 2.59. The van der Waals surface area contributed by atoms with Crippen molar-refractivity contribution in [2.45, 2.75) is 37.7 Å².